The van der Waals surface area contributed by atoms with Crippen LogP contribution in [-0.2, 0) is 4.74 Å². The van der Waals surface area contributed by atoms with Crippen molar-refractivity contribution in [2.45, 2.75) is 13.0 Å². The highest BCUT2D eigenvalue weighted by Crippen LogP contribution is 2.27. The first-order valence-electron chi connectivity index (χ1n) is 5.91. The summed E-state index contributed by atoms with van der Waals surface area (Å²) in [6.07, 6.45) is -0.104. The van der Waals surface area contributed by atoms with Crippen LogP contribution in [0.15, 0.2) is 18.2 Å². The molecule has 0 radical (unpaired) electrons. The lowest BCUT2D eigenvalue weighted by molar-refractivity contribution is 0.0336. The van der Waals surface area contributed by atoms with Crippen LogP contribution < -0.4 is 19.9 Å². The van der Waals surface area contributed by atoms with Gasteiger partial charge in [0.1, 0.15) is 30.0 Å². The fourth-order valence-electron chi connectivity index (χ4n) is 1.47. The van der Waals surface area contributed by atoms with Gasteiger partial charge in [0.05, 0.1) is 14.2 Å². The fourth-order valence-corrected chi connectivity index (χ4v) is 1.47. The van der Waals surface area contributed by atoms with Gasteiger partial charge < -0.3 is 24.7 Å². The normalized spacial score (nSPS) is 12.0. The standard InChI is InChI=1S/C13H21NO4/c1-4-17-13(8-14)9-18-12-6-10(15-2)5-11(7-12)16-3/h5-7,13H,4,8-9,14H2,1-3H3. The van der Waals surface area contributed by atoms with Crippen molar-refractivity contribution in [3.05, 3.63) is 18.2 Å². The number of ether oxygens (including phenoxy) is 4. The third kappa shape index (κ3) is 4.43. The molecule has 0 aliphatic rings. The van der Waals surface area contributed by atoms with Crippen molar-refractivity contribution >= 4 is 0 Å². The van der Waals surface area contributed by atoms with Gasteiger partial charge in [0, 0.05) is 31.4 Å². The van der Waals surface area contributed by atoms with Crippen molar-refractivity contribution in [3.63, 3.8) is 0 Å². The van der Waals surface area contributed by atoms with Crippen LogP contribution in [0.3, 0.4) is 0 Å². The van der Waals surface area contributed by atoms with Gasteiger partial charge in [0.15, 0.2) is 0 Å². The maximum absolute atomic E-state index is 5.63. The Hall–Kier alpha value is -1.46. The molecule has 102 valence electrons. The average Bonchev–Trinajstić information content (AvgIpc) is 2.42. The van der Waals surface area contributed by atoms with E-state index < -0.39 is 0 Å². The quantitative estimate of drug-likeness (QED) is 0.761. The summed E-state index contributed by atoms with van der Waals surface area (Å²) in [5.74, 6) is 2.04. The summed E-state index contributed by atoms with van der Waals surface area (Å²) in [6, 6.07) is 5.37. The molecular formula is C13H21NO4. The van der Waals surface area contributed by atoms with Gasteiger partial charge in [-0.15, -0.1) is 0 Å². The average molecular weight is 255 g/mol. The minimum atomic E-state index is -0.104. The van der Waals surface area contributed by atoms with E-state index >= 15 is 0 Å². The fraction of sp³-hybridized carbons (Fsp3) is 0.538. The summed E-state index contributed by atoms with van der Waals surface area (Å²) in [6.45, 7) is 3.37. The highest BCUT2D eigenvalue weighted by molar-refractivity contribution is 5.41. The van der Waals surface area contributed by atoms with Gasteiger partial charge in [-0.3, -0.25) is 0 Å². The van der Waals surface area contributed by atoms with Crippen LogP contribution in [0.4, 0.5) is 0 Å². The minimum Gasteiger partial charge on any atom is -0.496 e. The molecule has 5 nitrogen and oxygen atoms in total. The van der Waals surface area contributed by atoms with Gasteiger partial charge in [-0.05, 0) is 6.92 Å². The van der Waals surface area contributed by atoms with E-state index in [9.17, 15) is 0 Å². The largest absolute Gasteiger partial charge is 0.496 e. The summed E-state index contributed by atoms with van der Waals surface area (Å²) < 4.78 is 21.4. The molecule has 0 aromatic heterocycles. The molecule has 1 unspecified atom stereocenters. The third-order valence-corrected chi connectivity index (χ3v) is 2.43. The molecule has 0 fully saturated rings. The van der Waals surface area contributed by atoms with Gasteiger partial charge in [-0.2, -0.15) is 0 Å². The summed E-state index contributed by atoms with van der Waals surface area (Å²) in [5.41, 5.74) is 5.58. The zero-order valence-corrected chi connectivity index (χ0v) is 11.1. The lowest BCUT2D eigenvalue weighted by Crippen LogP contribution is -2.30. The van der Waals surface area contributed by atoms with Crippen LogP contribution in [0.2, 0.25) is 0 Å². The lowest BCUT2D eigenvalue weighted by atomic mass is 10.3. The molecule has 0 saturated heterocycles. The first-order chi connectivity index (χ1) is 8.73. The summed E-state index contributed by atoms with van der Waals surface area (Å²) in [5, 5.41) is 0. The molecule has 1 aromatic rings. The maximum atomic E-state index is 5.63. The van der Waals surface area contributed by atoms with E-state index in [0.717, 1.165) is 0 Å². The van der Waals surface area contributed by atoms with Crippen molar-refractivity contribution in [1.82, 2.24) is 0 Å². The van der Waals surface area contributed by atoms with Gasteiger partial charge in [0.2, 0.25) is 0 Å². The van der Waals surface area contributed by atoms with Crippen LogP contribution in [0.5, 0.6) is 17.2 Å². The summed E-state index contributed by atoms with van der Waals surface area (Å²) >= 11 is 0. The van der Waals surface area contributed by atoms with E-state index in [1.54, 1.807) is 32.4 Å². The van der Waals surface area contributed by atoms with Crippen LogP contribution in [0.1, 0.15) is 6.92 Å². The Bertz CT molecular complexity index is 335. The Morgan fingerprint density at radius 2 is 1.61 bits per heavy atom. The molecule has 5 heteroatoms. The molecule has 0 aliphatic heterocycles. The Balaban J connectivity index is 2.65. The number of rotatable bonds is 8. The molecule has 0 amide bonds. The first kappa shape index (κ1) is 14.6. The molecule has 18 heavy (non-hydrogen) atoms. The lowest BCUT2D eigenvalue weighted by Gasteiger charge is -2.16. The molecule has 2 N–H and O–H groups in total. The molecule has 1 rings (SSSR count). The van der Waals surface area contributed by atoms with E-state index in [1.165, 1.54) is 0 Å². The van der Waals surface area contributed by atoms with Gasteiger partial charge in [-0.25, -0.2) is 0 Å². The van der Waals surface area contributed by atoms with Crippen molar-refractivity contribution in [1.29, 1.82) is 0 Å². The molecule has 0 saturated carbocycles. The topological polar surface area (TPSA) is 62.9 Å². The highest BCUT2D eigenvalue weighted by atomic mass is 16.5. The molecule has 0 bridgehead atoms. The second kappa shape index (κ2) is 7.79. The number of nitrogens with two attached hydrogens (primary N) is 1. The molecule has 1 aromatic carbocycles. The molecule has 0 aliphatic carbocycles. The highest BCUT2D eigenvalue weighted by Gasteiger charge is 2.08. The van der Waals surface area contributed by atoms with E-state index in [-0.39, 0.29) is 6.10 Å². The van der Waals surface area contributed by atoms with Crippen LogP contribution >= 0.6 is 0 Å². The summed E-state index contributed by atoms with van der Waals surface area (Å²) in [4.78, 5) is 0. The van der Waals surface area contributed by atoms with E-state index in [4.69, 9.17) is 24.7 Å². The smallest absolute Gasteiger partial charge is 0.126 e. The van der Waals surface area contributed by atoms with Gasteiger partial charge >= 0.3 is 0 Å². The number of hydrogen-bond acceptors (Lipinski definition) is 5. The van der Waals surface area contributed by atoms with E-state index in [2.05, 4.69) is 0 Å². The van der Waals surface area contributed by atoms with Crippen molar-refractivity contribution in [3.8, 4) is 17.2 Å². The zero-order chi connectivity index (χ0) is 13.4. The first-order valence-corrected chi connectivity index (χ1v) is 5.91. The Morgan fingerprint density at radius 3 is 2.06 bits per heavy atom. The Kier molecular flexibility index (Phi) is 6.32. The molecule has 0 spiro atoms. The van der Waals surface area contributed by atoms with Crippen LogP contribution in [0.25, 0.3) is 0 Å². The third-order valence-electron chi connectivity index (χ3n) is 2.43. The second-order valence-electron chi connectivity index (χ2n) is 3.67. The number of hydrogen-bond donors (Lipinski definition) is 1. The second-order valence-corrected chi connectivity index (χ2v) is 3.67. The SMILES string of the molecule is CCOC(CN)COc1cc(OC)cc(OC)c1. The van der Waals surface area contributed by atoms with E-state index in [0.29, 0.717) is 37.0 Å². The maximum Gasteiger partial charge on any atom is 0.126 e. The molecule has 0 heterocycles. The number of methoxy groups -OCH3 is 2. The van der Waals surface area contributed by atoms with Gasteiger partial charge in [-0.1, -0.05) is 0 Å². The van der Waals surface area contributed by atoms with Crippen molar-refractivity contribution in [2.24, 2.45) is 5.73 Å². The number of benzene rings is 1. The summed E-state index contributed by atoms with van der Waals surface area (Å²) in [7, 11) is 3.20. The van der Waals surface area contributed by atoms with Crippen LogP contribution in [0, 0.1) is 0 Å². The van der Waals surface area contributed by atoms with Crippen LogP contribution in [-0.4, -0.2) is 40.1 Å². The monoisotopic (exact) mass is 255 g/mol. The Morgan fingerprint density at radius 1 is 1.06 bits per heavy atom. The molecular weight excluding hydrogens is 234 g/mol. The zero-order valence-electron chi connectivity index (χ0n) is 11.1. The van der Waals surface area contributed by atoms with Gasteiger partial charge in [0.25, 0.3) is 0 Å². The van der Waals surface area contributed by atoms with E-state index in [1.807, 2.05) is 6.92 Å². The minimum absolute atomic E-state index is 0.104. The predicted octanol–water partition coefficient (Wildman–Crippen LogP) is 1.45. The van der Waals surface area contributed by atoms with Crippen molar-refractivity contribution in [2.75, 3.05) is 34.0 Å². The Labute approximate surface area is 108 Å². The molecule has 1 atom stereocenters. The predicted molar refractivity (Wildman–Crippen MR) is 69.5 cm³/mol. The van der Waals surface area contributed by atoms with Crippen molar-refractivity contribution < 1.29 is 18.9 Å².